The lowest BCUT2D eigenvalue weighted by atomic mass is 10.1. The van der Waals surface area contributed by atoms with Crippen LogP contribution >= 0.6 is 0 Å². The molecule has 1 fully saturated rings. The van der Waals surface area contributed by atoms with Gasteiger partial charge in [-0.25, -0.2) is 8.42 Å². The number of likely N-dealkylation sites (tertiary alicyclic amines) is 1. The van der Waals surface area contributed by atoms with Crippen LogP contribution in [0, 0.1) is 13.8 Å². The van der Waals surface area contributed by atoms with Crippen molar-refractivity contribution in [1.82, 2.24) is 4.90 Å². The maximum Gasteiger partial charge on any atom is 0.255 e. The van der Waals surface area contributed by atoms with Gasteiger partial charge in [0.15, 0.2) is 0 Å². The lowest BCUT2D eigenvalue weighted by Gasteiger charge is -2.27. The average Bonchev–Trinajstić information content (AvgIpc) is 2.74. The van der Waals surface area contributed by atoms with E-state index in [0.29, 0.717) is 30.0 Å². The molecule has 1 aliphatic rings. The first kappa shape index (κ1) is 22.8. The highest BCUT2D eigenvalue weighted by molar-refractivity contribution is 7.92. The fraction of sp³-hybridized carbons (Fsp3) is 0.391. The number of amides is 2. The Hall–Kier alpha value is -2.87. The third kappa shape index (κ3) is 5.64. The second-order valence-corrected chi connectivity index (χ2v) is 9.89. The molecule has 0 radical (unpaired) electrons. The summed E-state index contributed by atoms with van der Waals surface area (Å²) in [5, 5.41) is 2.74. The maximum absolute atomic E-state index is 12.9. The van der Waals surface area contributed by atoms with Crippen LogP contribution in [0.4, 0.5) is 11.4 Å². The van der Waals surface area contributed by atoms with E-state index < -0.39 is 15.9 Å². The normalized spacial score (nSPS) is 14.2. The fourth-order valence-electron chi connectivity index (χ4n) is 3.65. The summed E-state index contributed by atoms with van der Waals surface area (Å²) < 4.78 is 25.8. The number of sulfonamides is 1. The number of nitrogens with one attached hydrogen (secondary N) is 1. The molecule has 0 spiro atoms. The monoisotopic (exact) mass is 443 g/mol. The predicted octanol–water partition coefficient (Wildman–Crippen LogP) is 3.33. The smallest absolute Gasteiger partial charge is 0.255 e. The van der Waals surface area contributed by atoms with Gasteiger partial charge in [-0.2, -0.15) is 0 Å². The van der Waals surface area contributed by atoms with Crippen LogP contribution in [-0.4, -0.2) is 51.0 Å². The van der Waals surface area contributed by atoms with Gasteiger partial charge >= 0.3 is 0 Å². The zero-order valence-corrected chi connectivity index (χ0v) is 19.0. The van der Waals surface area contributed by atoms with Gasteiger partial charge < -0.3 is 10.2 Å². The molecule has 0 aliphatic carbocycles. The zero-order valence-electron chi connectivity index (χ0n) is 18.2. The van der Waals surface area contributed by atoms with Crippen LogP contribution in [0.2, 0.25) is 0 Å². The number of carbonyl (C=O) groups excluding carboxylic acids is 2. The summed E-state index contributed by atoms with van der Waals surface area (Å²) in [5.41, 5.74) is 3.20. The molecule has 31 heavy (non-hydrogen) atoms. The van der Waals surface area contributed by atoms with Gasteiger partial charge in [0.1, 0.15) is 6.54 Å². The van der Waals surface area contributed by atoms with Crippen LogP contribution < -0.4 is 9.62 Å². The zero-order chi connectivity index (χ0) is 22.6. The van der Waals surface area contributed by atoms with Crippen molar-refractivity contribution in [2.24, 2.45) is 0 Å². The van der Waals surface area contributed by atoms with Gasteiger partial charge in [-0.1, -0.05) is 18.2 Å². The van der Waals surface area contributed by atoms with E-state index in [4.69, 9.17) is 0 Å². The van der Waals surface area contributed by atoms with E-state index in [0.717, 1.165) is 41.0 Å². The SMILES string of the molecule is Cc1ccc(N(CC(=O)Nc2ccccc2C(=O)N2CCCCC2)S(C)(=O)=O)cc1C. The van der Waals surface area contributed by atoms with Crippen molar-refractivity contribution in [1.29, 1.82) is 0 Å². The van der Waals surface area contributed by atoms with Gasteiger partial charge in [0.05, 0.1) is 23.2 Å². The van der Waals surface area contributed by atoms with Gasteiger partial charge in [-0.15, -0.1) is 0 Å². The first-order chi connectivity index (χ1) is 14.7. The number of aryl methyl sites for hydroxylation is 2. The van der Waals surface area contributed by atoms with Crippen LogP contribution in [0.5, 0.6) is 0 Å². The van der Waals surface area contributed by atoms with E-state index in [1.165, 1.54) is 0 Å². The van der Waals surface area contributed by atoms with Crippen molar-refractivity contribution >= 4 is 33.2 Å². The number of hydrogen-bond acceptors (Lipinski definition) is 4. The van der Waals surface area contributed by atoms with Gasteiger partial charge in [0, 0.05) is 13.1 Å². The summed E-state index contributed by atoms with van der Waals surface area (Å²) in [6, 6.07) is 12.1. The Kier molecular flexibility index (Phi) is 7.00. The van der Waals surface area contributed by atoms with E-state index >= 15 is 0 Å². The lowest BCUT2D eigenvalue weighted by Crippen LogP contribution is -2.38. The Labute approximate surface area is 184 Å². The summed E-state index contributed by atoms with van der Waals surface area (Å²) in [5.74, 6) is -0.632. The Morgan fingerprint density at radius 2 is 1.68 bits per heavy atom. The third-order valence-corrected chi connectivity index (χ3v) is 6.68. The van der Waals surface area contributed by atoms with Gasteiger partial charge in [-0.05, 0) is 68.5 Å². The quantitative estimate of drug-likeness (QED) is 0.742. The van der Waals surface area contributed by atoms with Gasteiger partial charge in [-0.3, -0.25) is 13.9 Å². The van der Waals surface area contributed by atoms with Crippen LogP contribution in [0.15, 0.2) is 42.5 Å². The molecule has 8 heteroatoms. The average molecular weight is 444 g/mol. The van der Waals surface area contributed by atoms with Crippen molar-refractivity contribution in [3.63, 3.8) is 0 Å². The molecule has 3 rings (SSSR count). The molecule has 1 N–H and O–H groups in total. The number of benzene rings is 2. The number of nitrogens with zero attached hydrogens (tertiary/aromatic N) is 2. The highest BCUT2D eigenvalue weighted by Gasteiger charge is 2.24. The number of rotatable bonds is 6. The largest absolute Gasteiger partial charge is 0.339 e. The van der Waals surface area contributed by atoms with Gasteiger partial charge in [0.25, 0.3) is 5.91 Å². The standard InChI is InChI=1S/C23H29N3O4S/c1-17-11-12-19(15-18(17)2)26(31(3,29)30)16-22(27)24-21-10-6-5-9-20(21)23(28)25-13-7-4-8-14-25/h5-6,9-12,15H,4,7-8,13-14,16H2,1-3H3,(H,24,27). The maximum atomic E-state index is 12.9. The number of para-hydroxylation sites is 1. The molecule has 166 valence electrons. The molecular formula is C23H29N3O4S. The first-order valence-electron chi connectivity index (χ1n) is 10.4. The molecule has 2 amide bonds. The molecule has 7 nitrogen and oxygen atoms in total. The highest BCUT2D eigenvalue weighted by atomic mass is 32.2. The molecule has 0 unspecified atom stereocenters. The molecule has 0 aromatic heterocycles. The summed E-state index contributed by atoms with van der Waals surface area (Å²) in [6.07, 6.45) is 4.13. The molecule has 0 saturated carbocycles. The Morgan fingerprint density at radius 1 is 1.00 bits per heavy atom. The molecule has 2 aromatic rings. The van der Waals surface area contributed by atoms with E-state index in [9.17, 15) is 18.0 Å². The van der Waals surface area contributed by atoms with Crippen molar-refractivity contribution in [2.75, 3.05) is 35.5 Å². The van der Waals surface area contributed by atoms with E-state index in [1.54, 1.807) is 41.3 Å². The highest BCUT2D eigenvalue weighted by Crippen LogP contribution is 2.23. The third-order valence-electron chi connectivity index (χ3n) is 5.54. The summed E-state index contributed by atoms with van der Waals surface area (Å²) in [6.45, 7) is 4.85. The molecule has 1 heterocycles. The predicted molar refractivity (Wildman–Crippen MR) is 123 cm³/mol. The van der Waals surface area contributed by atoms with Crippen molar-refractivity contribution in [3.8, 4) is 0 Å². The van der Waals surface area contributed by atoms with Gasteiger partial charge in [0.2, 0.25) is 15.9 Å². The van der Waals surface area contributed by atoms with Crippen LogP contribution in [-0.2, 0) is 14.8 Å². The number of piperidine rings is 1. The minimum atomic E-state index is -3.68. The van der Waals surface area contributed by atoms with Crippen LogP contribution in [0.3, 0.4) is 0 Å². The Bertz CT molecular complexity index is 1080. The Balaban J connectivity index is 1.80. The fourth-order valence-corrected chi connectivity index (χ4v) is 4.50. The van der Waals surface area contributed by atoms with Crippen molar-refractivity contribution < 1.29 is 18.0 Å². The molecule has 0 bridgehead atoms. The molecule has 2 aromatic carbocycles. The minimum absolute atomic E-state index is 0.121. The summed E-state index contributed by atoms with van der Waals surface area (Å²) in [4.78, 5) is 27.5. The van der Waals surface area contributed by atoms with Crippen molar-refractivity contribution in [3.05, 3.63) is 59.2 Å². The Morgan fingerprint density at radius 3 is 2.32 bits per heavy atom. The minimum Gasteiger partial charge on any atom is -0.339 e. The second kappa shape index (κ2) is 9.51. The number of anilines is 2. The molecule has 1 aliphatic heterocycles. The number of carbonyl (C=O) groups is 2. The second-order valence-electron chi connectivity index (χ2n) is 7.98. The van der Waals surface area contributed by atoms with E-state index in [2.05, 4.69) is 5.32 Å². The van der Waals surface area contributed by atoms with Crippen LogP contribution in [0.1, 0.15) is 40.7 Å². The molecule has 1 saturated heterocycles. The van der Waals surface area contributed by atoms with Crippen LogP contribution in [0.25, 0.3) is 0 Å². The first-order valence-corrected chi connectivity index (χ1v) is 12.2. The number of hydrogen-bond donors (Lipinski definition) is 1. The van der Waals surface area contributed by atoms with E-state index in [1.807, 2.05) is 19.9 Å². The molecular weight excluding hydrogens is 414 g/mol. The van der Waals surface area contributed by atoms with E-state index in [-0.39, 0.29) is 12.5 Å². The topological polar surface area (TPSA) is 86.8 Å². The van der Waals surface area contributed by atoms with Crippen molar-refractivity contribution in [2.45, 2.75) is 33.1 Å². The summed E-state index contributed by atoms with van der Waals surface area (Å²) in [7, 11) is -3.68. The lowest BCUT2D eigenvalue weighted by molar-refractivity contribution is -0.114. The summed E-state index contributed by atoms with van der Waals surface area (Å²) >= 11 is 0. The molecule has 0 atom stereocenters.